The molecule has 0 aliphatic heterocycles. The van der Waals surface area contributed by atoms with E-state index in [1.54, 1.807) is 6.07 Å². The summed E-state index contributed by atoms with van der Waals surface area (Å²) < 4.78 is 5.64. The van der Waals surface area contributed by atoms with Crippen LogP contribution in [0, 0.1) is 0 Å². The molecule has 4 heteroatoms. The van der Waals surface area contributed by atoms with Crippen molar-refractivity contribution >= 4 is 28.4 Å². The first-order valence-corrected chi connectivity index (χ1v) is 5.53. The molecule has 0 aliphatic rings. The van der Waals surface area contributed by atoms with Crippen LogP contribution in [-0.4, -0.2) is 4.98 Å². The van der Waals surface area contributed by atoms with Gasteiger partial charge in [-0.15, -0.1) is 0 Å². The molecule has 0 saturated carbocycles. The number of hydrogen-bond donors (Lipinski definition) is 1. The fraction of sp³-hybridized carbons (Fsp3) is 0. The Labute approximate surface area is 103 Å². The summed E-state index contributed by atoms with van der Waals surface area (Å²) in [5.41, 5.74) is 8.59. The Bertz CT molecular complexity index is 691. The maximum absolute atomic E-state index is 6.03. The molecule has 0 fully saturated rings. The number of rotatable bonds is 1. The number of aromatic nitrogens is 1. The van der Waals surface area contributed by atoms with E-state index >= 15 is 0 Å². The summed E-state index contributed by atoms with van der Waals surface area (Å²) in [6.45, 7) is 0. The molecule has 2 aromatic carbocycles. The summed E-state index contributed by atoms with van der Waals surface area (Å²) in [4.78, 5) is 4.38. The van der Waals surface area contributed by atoms with E-state index in [4.69, 9.17) is 21.8 Å². The van der Waals surface area contributed by atoms with E-state index in [2.05, 4.69) is 4.98 Å². The van der Waals surface area contributed by atoms with Gasteiger partial charge >= 0.3 is 0 Å². The van der Waals surface area contributed by atoms with Crippen molar-refractivity contribution in [1.82, 2.24) is 4.98 Å². The van der Waals surface area contributed by atoms with Gasteiger partial charge < -0.3 is 10.2 Å². The smallest absolute Gasteiger partial charge is 0.227 e. The van der Waals surface area contributed by atoms with Crippen molar-refractivity contribution < 1.29 is 4.42 Å². The molecule has 3 aromatic rings. The van der Waals surface area contributed by atoms with Crippen molar-refractivity contribution in [2.45, 2.75) is 0 Å². The second-order valence-electron chi connectivity index (χ2n) is 3.73. The largest absolute Gasteiger partial charge is 0.435 e. The van der Waals surface area contributed by atoms with Gasteiger partial charge in [0.2, 0.25) is 5.89 Å². The predicted octanol–water partition coefficient (Wildman–Crippen LogP) is 3.73. The zero-order valence-electron chi connectivity index (χ0n) is 8.85. The van der Waals surface area contributed by atoms with Crippen LogP contribution in [0.15, 0.2) is 46.9 Å². The van der Waals surface area contributed by atoms with E-state index in [9.17, 15) is 0 Å². The molecule has 84 valence electrons. The lowest BCUT2D eigenvalue weighted by Gasteiger charge is -1.96. The number of fused-ring (bicyclic) bond motifs is 1. The Hall–Kier alpha value is -2.00. The van der Waals surface area contributed by atoms with Crippen LogP contribution >= 0.6 is 11.6 Å². The summed E-state index contributed by atoms with van der Waals surface area (Å²) >= 11 is 6.03. The summed E-state index contributed by atoms with van der Waals surface area (Å²) in [5.74, 6) is 0.528. The van der Waals surface area contributed by atoms with Crippen LogP contribution in [-0.2, 0) is 0 Å². The lowest BCUT2D eigenvalue weighted by Crippen LogP contribution is -1.84. The molecular weight excluding hydrogens is 236 g/mol. The van der Waals surface area contributed by atoms with Crippen molar-refractivity contribution in [3.05, 3.63) is 47.5 Å². The molecule has 0 saturated heterocycles. The highest BCUT2D eigenvalue weighted by Gasteiger charge is 2.10. The van der Waals surface area contributed by atoms with Gasteiger partial charge in [-0.25, -0.2) is 4.98 Å². The van der Waals surface area contributed by atoms with Crippen molar-refractivity contribution in [2.24, 2.45) is 0 Å². The van der Waals surface area contributed by atoms with Crippen molar-refractivity contribution in [2.75, 3.05) is 5.73 Å². The van der Waals surface area contributed by atoms with Crippen LogP contribution in [0.1, 0.15) is 0 Å². The average Bonchev–Trinajstić information content (AvgIpc) is 2.74. The normalized spacial score (nSPS) is 10.9. The standard InChI is InChI=1S/C13H9ClN2O/c14-10-5-2-6-11-12(10)17-13(16-11)8-3-1-4-9(15)7-8/h1-7H,15H2. The number of halogens is 1. The van der Waals surface area contributed by atoms with Crippen LogP contribution in [0.5, 0.6) is 0 Å². The lowest BCUT2D eigenvalue weighted by atomic mass is 10.2. The summed E-state index contributed by atoms with van der Waals surface area (Å²) in [7, 11) is 0. The first-order chi connectivity index (χ1) is 8.24. The van der Waals surface area contributed by atoms with Crippen LogP contribution < -0.4 is 5.73 Å². The van der Waals surface area contributed by atoms with Crippen LogP contribution in [0.4, 0.5) is 5.69 Å². The Morgan fingerprint density at radius 3 is 2.71 bits per heavy atom. The number of nitrogen functional groups attached to an aromatic ring is 1. The van der Waals surface area contributed by atoms with Gasteiger partial charge in [0.1, 0.15) is 5.52 Å². The molecule has 1 aromatic heterocycles. The van der Waals surface area contributed by atoms with Crippen LogP contribution in [0.2, 0.25) is 5.02 Å². The maximum Gasteiger partial charge on any atom is 0.227 e. The fourth-order valence-corrected chi connectivity index (χ4v) is 1.92. The summed E-state index contributed by atoms with van der Waals surface area (Å²) in [5, 5.41) is 0.560. The predicted molar refractivity (Wildman–Crippen MR) is 68.9 cm³/mol. The highest BCUT2D eigenvalue weighted by atomic mass is 35.5. The van der Waals surface area contributed by atoms with Crippen LogP contribution in [0.25, 0.3) is 22.6 Å². The minimum absolute atomic E-state index is 0.528. The average molecular weight is 245 g/mol. The van der Waals surface area contributed by atoms with Gasteiger partial charge in [-0.2, -0.15) is 0 Å². The number of anilines is 1. The van der Waals surface area contributed by atoms with Gasteiger partial charge in [0.25, 0.3) is 0 Å². The van der Waals surface area contributed by atoms with E-state index in [0.29, 0.717) is 22.2 Å². The first-order valence-electron chi connectivity index (χ1n) is 5.15. The highest BCUT2D eigenvalue weighted by Crippen LogP contribution is 2.29. The lowest BCUT2D eigenvalue weighted by molar-refractivity contribution is 0.620. The zero-order chi connectivity index (χ0) is 11.8. The van der Waals surface area contributed by atoms with E-state index < -0.39 is 0 Å². The third-order valence-electron chi connectivity index (χ3n) is 2.50. The van der Waals surface area contributed by atoms with Gasteiger partial charge in [-0.05, 0) is 30.3 Å². The minimum Gasteiger partial charge on any atom is -0.435 e. The second kappa shape index (κ2) is 3.79. The van der Waals surface area contributed by atoms with Crippen molar-refractivity contribution in [1.29, 1.82) is 0 Å². The minimum atomic E-state index is 0.528. The number of oxazole rings is 1. The monoisotopic (exact) mass is 244 g/mol. The topological polar surface area (TPSA) is 52.0 Å². The van der Waals surface area contributed by atoms with E-state index in [1.165, 1.54) is 0 Å². The Morgan fingerprint density at radius 2 is 1.94 bits per heavy atom. The molecule has 2 N–H and O–H groups in total. The SMILES string of the molecule is Nc1cccc(-c2nc3cccc(Cl)c3o2)c1. The Balaban J connectivity index is 2.22. The van der Waals surface area contributed by atoms with Gasteiger partial charge in [-0.1, -0.05) is 23.7 Å². The number of nitrogens with two attached hydrogens (primary N) is 1. The molecule has 0 bridgehead atoms. The molecule has 3 rings (SSSR count). The molecule has 17 heavy (non-hydrogen) atoms. The van der Waals surface area contributed by atoms with Gasteiger partial charge in [0, 0.05) is 11.3 Å². The van der Waals surface area contributed by atoms with E-state index in [1.807, 2.05) is 36.4 Å². The third-order valence-corrected chi connectivity index (χ3v) is 2.80. The fourth-order valence-electron chi connectivity index (χ4n) is 1.71. The zero-order valence-corrected chi connectivity index (χ0v) is 9.61. The summed E-state index contributed by atoms with van der Waals surface area (Å²) in [6.07, 6.45) is 0. The van der Waals surface area contributed by atoms with Gasteiger partial charge in [0.05, 0.1) is 5.02 Å². The quantitative estimate of drug-likeness (QED) is 0.664. The van der Waals surface area contributed by atoms with Crippen molar-refractivity contribution in [3.63, 3.8) is 0 Å². The highest BCUT2D eigenvalue weighted by molar-refractivity contribution is 6.34. The number of nitrogens with zero attached hydrogens (tertiary/aromatic N) is 1. The molecule has 0 spiro atoms. The van der Waals surface area contributed by atoms with Gasteiger partial charge in [-0.3, -0.25) is 0 Å². The molecule has 0 radical (unpaired) electrons. The molecule has 0 unspecified atom stereocenters. The summed E-state index contributed by atoms with van der Waals surface area (Å²) in [6, 6.07) is 12.9. The van der Waals surface area contributed by atoms with E-state index in [0.717, 1.165) is 11.1 Å². The second-order valence-corrected chi connectivity index (χ2v) is 4.14. The molecule has 0 amide bonds. The van der Waals surface area contributed by atoms with Crippen LogP contribution in [0.3, 0.4) is 0 Å². The number of benzene rings is 2. The Morgan fingerprint density at radius 1 is 1.12 bits per heavy atom. The number of para-hydroxylation sites is 1. The third kappa shape index (κ3) is 1.74. The molecule has 1 heterocycles. The molecule has 0 atom stereocenters. The molecule has 0 aliphatic carbocycles. The molecular formula is C13H9ClN2O. The van der Waals surface area contributed by atoms with Crippen molar-refractivity contribution in [3.8, 4) is 11.5 Å². The number of hydrogen-bond acceptors (Lipinski definition) is 3. The van der Waals surface area contributed by atoms with E-state index in [-0.39, 0.29) is 0 Å². The maximum atomic E-state index is 6.03. The van der Waals surface area contributed by atoms with Gasteiger partial charge in [0.15, 0.2) is 5.58 Å². The molecule has 3 nitrogen and oxygen atoms in total. The first kappa shape index (κ1) is 10.2. The Kier molecular flexibility index (Phi) is 2.27.